The highest BCUT2D eigenvalue weighted by molar-refractivity contribution is 6.35. The number of halogens is 3. The summed E-state index contributed by atoms with van der Waals surface area (Å²) < 4.78 is 40.2. The molecule has 7 rings (SSSR count). The molecule has 2 aromatic heterocycles. The summed E-state index contributed by atoms with van der Waals surface area (Å²) in [6.45, 7) is 12.4. The Kier molecular flexibility index (Phi) is 8.66. The Balaban J connectivity index is 1.66. The van der Waals surface area contributed by atoms with Crippen molar-refractivity contribution in [2.45, 2.75) is 51.7 Å². The first-order valence-corrected chi connectivity index (χ1v) is 17.3. The van der Waals surface area contributed by atoms with Gasteiger partial charge >= 0.3 is 0 Å². The molecule has 13 heteroatoms. The van der Waals surface area contributed by atoms with E-state index in [2.05, 4.69) is 11.6 Å². The summed E-state index contributed by atoms with van der Waals surface area (Å²) in [4.78, 5) is 54.6. The predicted molar refractivity (Wildman–Crippen MR) is 194 cm³/mol. The van der Waals surface area contributed by atoms with E-state index in [1.807, 2.05) is 39.6 Å². The lowest BCUT2D eigenvalue weighted by atomic mass is 9.93. The highest BCUT2D eigenvalue weighted by atomic mass is 35.5. The number of aromatic nitrogens is 2. The van der Waals surface area contributed by atoms with Crippen molar-refractivity contribution < 1.29 is 23.1 Å². The van der Waals surface area contributed by atoms with Crippen LogP contribution in [0.15, 0.2) is 54.0 Å². The molecule has 0 N–H and O–H groups in total. The fourth-order valence-corrected chi connectivity index (χ4v) is 8.20. The number of amides is 2. The quantitative estimate of drug-likeness (QED) is 0.238. The number of pyridine rings is 2. The van der Waals surface area contributed by atoms with Crippen LogP contribution >= 0.6 is 11.6 Å². The first-order chi connectivity index (χ1) is 24.3. The van der Waals surface area contributed by atoms with E-state index in [0.717, 1.165) is 0 Å². The first-order valence-electron chi connectivity index (χ1n) is 16.9. The molecule has 10 nitrogen and oxygen atoms in total. The van der Waals surface area contributed by atoms with Crippen LogP contribution in [0.1, 0.15) is 37.9 Å². The maximum absolute atomic E-state index is 17.8. The van der Waals surface area contributed by atoms with Crippen molar-refractivity contribution in [1.82, 2.24) is 19.4 Å². The van der Waals surface area contributed by atoms with Crippen LogP contribution in [0.3, 0.4) is 0 Å². The highest BCUT2D eigenvalue weighted by Gasteiger charge is 2.50. The Hall–Kier alpha value is -4.81. The molecule has 5 heterocycles. The molecule has 51 heavy (non-hydrogen) atoms. The van der Waals surface area contributed by atoms with Gasteiger partial charge in [-0.25, -0.2) is 8.78 Å². The molecule has 0 bridgehead atoms. The van der Waals surface area contributed by atoms with Crippen molar-refractivity contribution in [3.8, 4) is 22.6 Å². The van der Waals surface area contributed by atoms with Crippen LogP contribution in [0.25, 0.3) is 27.7 Å². The summed E-state index contributed by atoms with van der Waals surface area (Å²) in [5.41, 5.74) is 0.772. The first kappa shape index (κ1) is 34.6. The van der Waals surface area contributed by atoms with Gasteiger partial charge in [0.2, 0.25) is 5.91 Å². The third-order valence-electron chi connectivity index (χ3n) is 10.3. The van der Waals surface area contributed by atoms with Gasteiger partial charge in [0.1, 0.15) is 23.3 Å². The number of carbonyl (C=O) groups is 2. The Morgan fingerprint density at radius 1 is 1.08 bits per heavy atom. The number of hydrogen-bond donors (Lipinski definition) is 0. The molecule has 3 aliphatic heterocycles. The summed E-state index contributed by atoms with van der Waals surface area (Å²) >= 11 is 6.98. The number of likely N-dealkylation sites (tertiary alicyclic amines) is 1. The van der Waals surface area contributed by atoms with Crippen molar-refractivity contribution in [3.63, 3.8) is 0 Å². The predicted octanol–water partition coefficient (Wildman–Crippen LogP) is 5.68. The standard InChI is InChI=1S/C38H39ClF2N6O4/c1-8-28(48)44-18-26-37(49)46(22-16-43(6)17-22)36-35(45(26)15-21(44)5)23-14-24(39)29(30-25(40)10-9-11-27(30)51-7)31(41)34(23)47(38(36)50)33-20(4)12-13-42-32(33)19(2)3/h8-14,19,21-22,26H,1,15-18H2,2-7H3/t21-,26-/m1/s1. The molecule has 2 atom stereocenters. The zero-order chi connectivity index (χ0) is 36.6. The zero-order valence-corrected chi connectivity index (χ0v) is 30.1. The maximum atomic E-state index is 17.8. The molecular weight excluding hydrogens is 678 g/mol. The van der Waals surface area contributed by atoms with Gasteiger partial charge in [-0.1, -0.05) is 38.1 Å². The monoisotopic (exact) mass is 716 g/mol. The number of aryl methyl sites for hydroxylation is 1. The fourth-order valence-electron chi connectivity index (χ4n) is 7.92. The third kappa shape index (κ3) is 5.21. The number of benzene rings is 2. The van der Waals surface area contributed by atoms with E-state index in [-0.39, 0.29) is 81.4 Å². The Bertz CT molecular complexity index is 2200. The summed E-state index contributed by atoms with van der Waals surface area (Å²) in [5.74, 6) is -2.46. The van der Waals surface area contributed by atoms with Gasteiger partial charge in [0.25, 0.3) is 11.5 Å². The van der Waals surface area contributed by atoms with Crippen LogP contribution in [-0.4, -0.2) is 89.6 Å². The average molecular weight is 717 g/mol. The van der Waals surface area contributed by atoms with Crippen LogP contribution in [0.4, 0.5) is 20.2 Å². The van der Waals surface area contributed by atoms with Crippen LogP contribution in [0, 0.1) is 18.6 Å². The van der Waals surface area contributed by atoms with Gasteiger partial charge in [0.05, 0.1) is 52.9 Å². The third-order valence-corrected chi connectivity index (χ3v) is 10.6. The van der Waals surface area contributed by atoms with E-state index in [0.29, 0.717) is 35.7 Å². The average Bonchev–Trinajstić information content (AvgIpc) is 3.08. The number of piperazine rings is 1. The number of likely N-dealkylation sites (N-methyl/N-ethyl adjacent to an activating group) is 1. The van der Waals surface area contributed by atoms with E-state index >= 15 is 13.6 Å². The summed E-state index contributed by atoms with van der Waals surface area (Å²) in [5, 5.41) is 0.148. The maximum Gasteiger partial charge on any atom is 0.281 e. The molecule has 0 saturated carbocycles. The van der Waals surface area contributed by atoms with Crippen molar-refractivity contribution in [2.75, 3.05) is 50.1 Å². The molecule has 4 aromatic rings. The molecular formula is C38H39ClF2N6O4. The number of anilines is 2. The Labute approximate surface area is 299 Å². The second-order valence-electron chi connectivity index (χ2n) is 13.9. The topological polar surface area (TPSA) is 91.2 Å². The van der Waals surface area contributed by atoms with E-state index in [4.69, 9.17) is 16.3 Å². The molecule has 2 saturated heterocycles. The lowest BCUT2D eigenvalue weighted by Gasteiger charge is -2.53. The minimum absolute atomic E-state index is 0.0356. The van der Waals surface area contributed by atoms with E-state index in [9.17, 15) is 9.59 Å². The molecule has 266 valence electrons. The van der Waals surface area contributed by atoms with Gasteiger partial charge in [0, 0.05) is 42.8 Å². The lowest BCUT2D eigenvalue weighted by molar-refractivity contribution is -0.131. The molecule has 2 fully saturated rings. The normalized spacial score (nSPS) is 19.3. The number of methoxy groups -OCH3 is 1. The van der Waals surface area contributed by atoms with Gasteiger partial charge in [-0.15, -0.1) is 0 Å². The number of carbonyl (C=O) groups excluding carboxylic acids is 2. The number of fused-ring (bicyclic) bond motifs is 5. The lowest BCUT2D eigenvalue weighted by Crippen LogP contribution is -2.71. The van der Waals surface area contributed by atoms with Gasteiger partial charge in [-0.3, -0.25) is 28.8 Å². The van der Waals surface area contributed by atoms with Gasteiger partial charge in [-0.05, 0) is 62.7 Å². The fraction of sp³-hybridized carbons (Fsp3) is 0.368. The molecule has 2 amide bonds. The van der Waals surface area contributed by atoms with Crippen molar-refractivity contribution >= 4 is 45.7 Å². The van der Waals surface area contributed by atoms with Crippen LogP contribution in [0.5, 0.6) is 5.75 Å². The molecule has 3 aliphatic rings. The zero-order valence-electron chi connectivity index (χ0n) is 29.3. The smallest absolute Gasteiger partial charge is 0.281 e. The van der Waals surface area contributed by atoms with E-state index in [1.165, 1.54) is 36.0 Å². The highest BCUT2D eigenvalue weighted by Crippen LogP contribution is 2.48. The van der Waals surface area contributed by atoms with Gasteiger partial charge < -0.3 is 19.4 Å². The van der Waals surface area contributed by atoms with E-state index < -0.39 is 23.2 Å². The Morgan fingerprint density at radius 2 is 1.80 bits per heavy atom. The minimum atomic E-state index is -0.935. The number of hydrogen-bond acceptors (Lipinski definition) is 7. The SMILES string of the molecule is C=CC(=O)N1C[C@@H]2C(=O)N(C3CN(C)C3)c3c(c4cc(Cl)c(-c5c(F)cccc5OC)c(F)c4n(-c4c(C)ccnc4C(C)C)c3=O)N2C[C@H]1C. The van der Waals surface area contributed by atoms with E-state index in [1.54, 1.807) is 33.0 Å². The second kappa shape index (κ2) is 12.8. The van der Waals surface area contributed by atoms with Crippen molar-refractivity contribution in [3.05, 3.63) is 87.5 Å². The minimum Gasteiger partial charge on any atom is -0.496 e. The van der Waals surface area contributed by atoms with Crippen molar-refractivity contribution in [2.24, 2.45) is 0 Å². The Morgan fingerprint density at radius 3 is 2.45 bits per heavy atom. The summed E-state index contributed by atoms with van der Waals surface area (Å²) in [7, 11) is 3.28. The van der Waals surface area contributed by atoms with Crippen LogP contribution in [0.2, 0.25) is 5.02 Å². The number of ether oxygens (including phenoxy) is 1. The largest absolute Gasteiger partial charge is 0.496 e. The molecule has 0 radical (unpaired) electrons. The second-order valence-corrected chi connectivity index (χ2v) is 14.3. The van der Waals surface area contributed by atoms with Gasteiger partial charge in [-0.2, -0.15) is 0 Å². The van der Waals surface area contributed by atoms with Crippen LogP contribution < -0.4 is 20.1 Å². The summed E-state index contributed by atoms with van der Waals surface area (Å²) in [6.07, 6.45) is 2.86. The van der Waals surface area contributed by atoms with Crippen LogP contribution in [-0.2, 0) is 9.59 Å². The number of nitrogens with zero attached hydrogens (tertiary/aromatic N) is 6. The number of rotatable bonds is 6. The van der Waals surface area contributed by atoms with Crippen molar-refractivity contribution in [1.29, 1.82) is 0 Å². The summed E-state index contributed by atoms with van der Waals surface area (Å²) in [6, 6.07) is 5.82. The van der Waals surface area contributed by atoms with Gasteiger partial charge in [0.15, 0.2) is 5.82 Å². The molecule has 2 aromatic carbocycles. The molecule has 0 unspecified atom stereocenters. The molecule has 0 spiro atoms. The molecule has 0 aliphatic carbocycles.